The average Bonchev–Trinajstić information content (AvgIpc) is 2.35. The first-order chi connectivity index (χ1) is 8.58. The Labute approximate surface area is 120 Å². The van der Waals surface area contributed by atoms with Crippen LogP contribution >= 0.6 is 23.4 Å². The molecular formula is C13H18ClNOS2. The third kappa shape index (κ3) is 3.50. The van der Waals surface area contributed by atoms with Crippen molar-refractivity contribution in [3.8, 4) is 0 Å². The van der Waals surface area contributed by atoms with E-state index in [0.29, 0.717) is 6.04 Å². The molecule has 1 aliphatic heterocycles. The number of benzene rings is 1. The normalized spacial score (nSPS) is 22.3. The molecule has 1 aromatic carbocycles. The monoisotopic (exact) mass is 303 g/mol. The number of thioether (sulfide) groups is 1. The molecule has 0 saturated heterocycles. The van der Waals surface area contributed by atoms with Crippen molar-refractivity contribution in [1.82, 2.24) is 5.32 Å². The Balaban J connectivity index is 2.08. The lowest BCUT2D eigenvalue weighted by Gasteiger charge is -2.27. The van der Waals surface area contributed by atoms with Crippen molar-refractivity contribution in [3.05, 3.63) is 28.8 Å². The Morgan fingerprint density at radius 2 is 2.39 bits per heavy atom. The van der Waals surface area contributed by atoms with E-state index in [4.69, 9.17) is 11.6 Å². The van der Waals surface area contributed by atoms with Gasteiger partial charge in [0.2, 0.25) is 0 Å². The lowest BCUT2D eigenvalue weighted by Crippen LogP contribution is -2.32. The van der Waals surface area contributed by atoms with Crippen LogP contribution in [-0.4, -0.2) is 28.0 Å². The van der Waals surface area contributed by atoms with E-state index < -0.39 is 10.8 Å². The van der Waals surface area contributed by atoms with Gasteiger partial charge < -0.3 is 5.32 Å². The van der Waals surface area contributed by atoms with Gasteiger partial charge in [0.05, 0.1) is 0 Å². The standard InChI is InChI=1S/C13H18ClNOS2/c1-9(18(2)16)8-15-12-5-6-17-13-4-3-10(14)7-11(12)13/h3-4,7,9,12,15H,5-6,8H2,1-2H3. The quantitative estimate of drug-likeness (QED) is 0.926. The fourth-order valence-corrected chi connectivity index (χ4v) is 3.62. The van der Waals surface area contributed by atoms with Crippen molar-refractivity contribution in [2.75, 3.05) is 18.6 Å². The van der Waals surface area contributed by atoms with Crippen molar-refractivity contribution in [1.29, 1.82) is 0 Å². The van der Waals surface area contributed by atoms with Gasteiger partial charge in [-0.3, -0.25) is 4.21 Å². The average molecular weight is 304 g/mol. The molecule has 2 nitrogen and oxygen atoms in total. The highest BCUT2D eigenvalue weighted by Gasteiger charge is 2.21. The molecule has 0 amide bonds. The van der Waals surface area contributed by atoms with E-state index in [9.17, 15) is 4.21 Å². The van der Waals surface area contributed by atoms with Gasteiger partial charge in [-0.15, -0.1) is 11.8 Å². The minimum Gasteiger partial charge on any atom is -0.309 e. The van der Waals surface area contributed by atoms with Crippen LogP contribution in [0.5, 0.6) is 0 Å². The molecule has 1 heterocycles. The van der Waals surface area contributed by atoms with Crippen LogP contribution in [-0.2, 0) is 10.8 Å². The maximum absolute atomic E-state index is 11.4. The van der Waals surface area contributed by atoms with E-state index in [0.717, 1.165) is 23.7 Å². The Kier molecular flexibility index (Phi) is 5.13. The van der Waals surface area contributed by atoms with Crippen LogP contribution in [0.2, 0.25) is 5.02 Å². The molecule has 18 heavy (non-hydrogen) atoms. The van der Waals surface area contributed by atoms with E-state index in [1.165, 1.54) is 10.5 Å². The number of rotatable bonds is 4. The molecule has 0 saturated carbocycles. The van der Waals surface area contributed by atoms with Crippen molar-refractivity contribution in [2.45, 2.75) is 29.5 Å². The summed E-state index contributed by atoms with van der Waals surface area (Å²) in [6, 6.07) is 6.43. The molecule has 3 atom stereocenters. The molecule has 1 N–H and O–H groups in total. The molecule has 0 fully saturated rings. The third-order valence-electron chi connectivity index (χ3n) is 3.23. The van der Waals surface area contributed by atoms with Crippen molar-refractivity contribution >= 4 is 34.2 Å². The summed E-state index contributed by atoms with van der Waals surface area (Å²) in [5, 5.41) is 4.49. The summed E-state index contributed by atoms with van der Waals surface area (Å²) in [6.45, 7) is 2.80. The lowest BCUT2D eigenvalue weighted by atomic mass is 10.0. The molecule has 0 spiro atoms. The predicted octanol–water partition coefficient (Wildman–Crippen LogP) is 3.23. The molecule has 1 aromatic rings. The molecule has 1 aliphatic rings. The maximum atomic E-state index is 11.4. The van der Waals surface area contributed by atoms with Crippen LogP contribution in [0.4, 0.5) is 0 Å². The van der Waals surface area contributed by atoms with Gasteiger partial charge in [-0.2, -0.15) is 0 Å². The molecule has 2 rings (SSSR count). The molecule has 3 unspecified atom stereocenters. The summed E-state index contributed by atoms with van der Waals surface area (Å²) in [5.74, 6) is 1.12. The summed E-state index contributed by atoms with van der Waals surface area (Å²) < 4.78 is 11.4. The number of hydrogen-bond donors (Lipinski definition) is 1. The van der Waals surface area contributed by atoms with Gasteiger partial charge in [-0.05, 0) is 42.9 Å². The van der Waals surface area contributed by atoms with Crippen LogP contribution in [0.25, 0.3) is 0 Å². The highest BCUT2D eigenvalue weighted by molar-refractivity contribution is 7.99. The van der Waals surface area contributed by atoms with Crippen LogP contribution in [0.15, 0.2) is 23.1 Å². The van der Waals surface area contributed by atoms with Gasteiger partial charge in [0.25, 0.3) is 0 Å². The summed E-state index contributed by atoms with van der Waals surface area (Å²) in [5.41, 5.74) is 1.29. The van der Waals surface area contributed by atoms with Crippen LogP contribution in [0.1, 0.15) is 24.9 Å². The van der Waals surface area contributed by atoms with Crippen molar-refractivity contribution < 1.29 is 4.21 Å². The second-order valence-electron chi connectivity index (χ2n) is 4.59. The topological polar surface area (TPSA) is 29.1 Å². The summed E-state index contributed by atoms with van der Waals surface area (Å²) in [6.07, 6.45) is 2.86. The highest BCUT2D eigenvalue weighted by Crippen LogP contribution is 2.37. The largest absolute Gasteiger partial charge is 0.309 e. The molecule has 0 bridgehead atoms. The third-order valence-corrected chi connectivity index (χ3v) is 5.89. The summed E-state index contributed by atoms with van der Waals surface area (Å²) >= 11 is 7.95. The Bertz CT molecular complexity index is 453. The highest BCUT2D eigenvalue weighted by atomic mass is 35.5. The van der Waals surface area contributed by atoms with Crippen molar-refractivity contribution in [2.24, 2.45) is 0 Å². The minimum atomic E-state index is -0.771. The van der Waals surface area contributed by atoms with Gasteiger partial charge in [0, 0.05) is 44.8 Å². The first-order valence-corrected chi connectivity index (χ1v) is 9.04. The van der Waals surface area contributed by atoms with E-state index in [-0.39, 0.29) is 5.25 Å². The Morgan fingerprint density at radius 3 is 3.11 bits per heavy atom. The SMILES string of the molecule is CC(CNC1CCSc2ccc(Cl)cc21)S(C)=O. The van der Waals surface area contributed by atoms with Gasteiger partial charge in [-0.25, -0.2) is 0 Å². The van der Waals surface area contributed by atoms with Crippen LogP contribution < -0.4 is 5.32 Å². The fraction of sp³-hybridized carbons (Fsp3) is 0.538. The second-order valence-corrected chi connectivity index (χ2v) is 7.96. The number of halogens is 1. The number of fused-ring (bicyclic) bond motifs is 1. The lowest BCUT2D eigenvalue weighted by molar-refractivity contribution is 0.510. The number of nitrogens with one attached hydrogen (secondary N) is 1. The first kappa shape index (κ1) is 14.4. The molecular weight excluding hydrogens is 286 g/mol. The van der Waals surface area contributed by atoms with E-state index in [1.54, 1.807) is 6.26 Å². The summed E-state index contributed by atoms with van der Waals surface area (Å²) in [4.78, 5) is 1.31. The number of hydrogen-bond acceptors (Lipinski definition) is 3. The van der Waals surface area contributed by atoms with Gasteiger partial charge in [-0.1, -0.05) is 11.6 Å². The Morgan fingerprint density at radius 1 is 1.61 bits per heavy atom. The van der Waals surface area contributed by atoms with E-state index in [2.05, 4.69) is 11.4 Å². The molecule has 0 aromatic heterocycles. The second kappa shape index (κ2) is 6.42. The van der Waals surface area contributed by atoms with Gasteiger partial charge in [0.1, 0.15) is 0 Å². The summed E-state index contributed by atoms with van der Waals surface area (Å²) in [7, 11) is -0.771. The van der Waals surface area contributed by atoms with Crippen LogP contribution in [0, 0.1) is 0 Å². The van der Waals surface area contributed by atoms with E-state index >= 15 is 0 Å². The first-order valence-electron chi connectivity index (χ1n) is 6.06. The fourth-order valence-electron chi connectivity index (χ4n) is 2.00. The molecule has 100 valence electrons. The maximum Gasteiger partial charge on any atom is 0.0441 e. The van der Waals surface area contributed by atoms with E-state index in [1.807, 2.05) is 30.8 Å². The smallest absolute Gasteiger partial charge is 0.0441 e. The zero-order valence-electron chi connectivity index (χ0n) is 10.6. The zero-order chi connectivity index (χ0) is 13.1. The molecule has 5 heteroatoms. The zero-order valence-corrected chi connectivity index (χ0v) is 13.0. The van der Waals surface area contributed by atoms with Gasteiger partial charge >= 0.3 is 0 Å². The Hall–Kier alpha value is -0.0300. The molecule has 0 radical (unpaired) electrons. The van der Waals surface area contributed by atoms with Crippen LogP contribution in [0.3, 0.4) is 0 Å². The molecule has 0 aliphatic carbocycles. The predicted molar refractivity (Wildman–Crippen MR) is 81.1 cm³/mol. The van der Waals surface area contributed by atoms with Gasteiger partial charge in [0.15, 0.2) is 0 Å². The minimum absolute atomic E-state index is 0.183. The van der Waals surface area contributed by atoms with Crippen molar-refractivity contribution in [3.63, 3.8) is 0 Å².